The molecule has 2 amide bonds. The van der Waals surface area contributed by atoms with Crippen molar-refractivity contribution in [1.29, 1.82) is 0 Å². The molecule has 1 atom stereocenters. The minimum absolute atomic E-state index is 0.0951. The van der Waals surface area contributed by atoms with Crippen molar-refractivity contribution in [3.05, 3.63) is 11.8 Å². The average molecular weight is 287 g/mol. The number of hydrogen-bond donors (Lipinski definition) is 2. The highest BCUT2D eigenvalue weighted by molar-refractivity contribution is 5.89. The fraction of sp³-hybridized carbons (Fsp3) is 0.667. The summed E-state index contributed by atoms with van der Waals surface area (Å²) < 4.78 is 26.1. The van der Waals surface area contributed by atoms with Crippen LogP contribution in [-0.4, -0.2) is 52.8 Å². The van der Waals surface area contributed by atoms with E-state index in [0.29, 0.717) is 25.3 Å². The van der Waals surface area contributed by atoms with Crippen LogP contribution in [0.1, 0.15) is 12.0 Å². The summed E-state index contributed by atoms with van der Waals surface area (Å²) in [5.41, 5.74) is 0.869. The third-order valence-corrected chi connectivity index (χ3v) is 3.36. The third-order valence-electron chi connectivity index (χ3n) is 3.36. The minimum Gasteiger partial charge on any atom is -0.334 e. The highest BCUT2D eigenvalue weighted by Gasteiger charge is 2.25. The first-order valence-electron chi connectivity index (χ1n) is 6.52. The van der Waals surface area contributed by atoms with Crippen LogP contribution in [0, 0.1) is 6.92 Å². The van der Waals surface area contributed by atoms with E-state index < -0.39 is 6.43 Å². The maximum Gasteiger partial charge on any atom is 0.320 e. The Labute approximate surface area is 116 Å². The van der Waals surface area contributed by atoms with Crippen molar-refractivity contribution in [2.24, 2.45) is 7.05 Å². The topological polar surface area (TPSA) is 62.2 Å². The molecular formula is C12H19F2N5O. The molecule has 1 aliphatic heterocycles. The van der Waals surface area contributed by atoms with Crippen LogP contribution in [0.5, 0.6) is 0 Å². The Hall–Kier alpha value is -1.70. The second-order valence-electron chi connectivity index (χ2n) is 5.03. The summed E-state index contributed by atoms with van der Waals surface area (Å²) in [6.07, 6.45) is 0.0136. The summed E-state index contributed by atoms with van der Waals surface area (Å²) in [4.78, 5) is 13.5. The van der Waals surface area contributed by atoms with Gasteiger partial charge in [-0.1, -0.05) is 0 Å². The zero-order valence-electron chi connectivity index (χ0n) is 11.6. The zero-order valence-corrected chi connectivity index (χ0v) is 11.6. The Morgan fingerprint density at radius 2 is 2.35 bits per heavy atom. The Balaban J connectivity index is 1.81. The summed E-state index contributed by atoms with van der Waals surface area (Å²) in [6, 6.07) is -0.428. The van der Waals surface area contributed by atoms with Gasteiger partial charge in [-0.15, -0.1) is 0 Å². The van der Waals surface area contributed by atoms with Crippen LogP contribution < -0.4 is 10.6 Å². The van der Waals surface area contributed by atoms with Crippen LogP contribution in [0.4, 0.5) is 19.4 Å². The van der Waals surface area contributed by atoms with E-state index in [0.717, 1.165) is 5.56 Å². The molecule has 1 saturated heterocycles. The zero-order chi connectivity index (χ0) is 14.7. The van der Waals surface area contributed by atoms with E-state index in [2.05, 4.69) is 15.7 Å². The summed E-state index contributed by atoms with van der Waals surface area (Å²) in [7, 11) is 1.74. The molecule has 6 nitrogen and oxygen atoms in total. The third kappa shape index (κ3) is 3.66. The lowest BCUT2D eigenvalue weighted by molar-refractivity contribution is 0.0988. The van der Waals surface area contributed by atoms with Crippen molar-refractivity contribution in [3.8, 4) is 0 Å². The van der Waals surface area contributed by atoms with Crippen molar-refractivity contribution in [3.63, 3.8) is 0 Å². The molecule has 2 heterocycles. The molecule has 1 aliphatic rings. The molecule has 1 fully saturated rings. The molecule has 8 heteroatoms. The van der Waals surface area contributed by atoms with Crippen LogP contribution in [0.3, 0.4) is 0 Å². The van der Waals surface area contributed by atoms with Gasteiger partial charge in [0.05, 0.1) is 12.7 Å². The van der Waals surface area contributed by atoms with Crippen molar-refractivity contribution < 1.29 is 13.6 Å². The van der Waals surface area contributed by atoms with Crippen LogP contribution >= 0.6 is 0 Å². The number of aryl methyl sites for hydroxylation is 2. The number of likely N-dealkylation sites (tertiary alicyclic amines) is 1. The molecular weight excluding hydrogens is 268 g/mol. The van der Waals surface area contributed by atoms with Crippen molar-refractivity contribution in [1.82, 2.24) is 20.0 Å². The minimum atomic E-state index is -2.33. The number of alkyl halides is 2. The normalized spacial score (nSPS) is 19.6. The summed E-state index contributed by atoms with van der Waals surface area (Å²) in [6.45, 7) is 2.66. The maximum atomic E-state index is 12.3. The Bertz CT molecular complexity index is 457. The fourth-order valence-corrected chi connectivity index (χ4v) is 2.37. The molecule has 112 valence electrons. The lowest BCUT2D eigenvalue weighted by atomic mass is 10.3. The monoisotopic (exact) mass is 287 g/mol. The smallest absolute Gasteiger partial charge is 0.320 e. The van der Waals surface area contributed by atoms with Crippen LogP contribution in [0.15, 0.2) is 6.20 Å². The van der Waals surface area contributed by atoms with Crippen LogP contribution in [0.2, 0.25) is 0 Å². The molecule has 0 saturated carbocycles. The summed E-state index contributed by atoms with van der Waals surface area (Å²) >= 11 is 0. The molecule has 1 aromatic rings. The van der Waals surface area contributed by atoms with Crippen LogP contribution in [0.25, 0.3) is 0 Å². The highest BCUT2D eigenvalue weighted by atomic mass is 19.3. The van der Waals surface area contributed by atoms with Gasteiger partial charge in [-0.05, 0) is 13.3 Å². The summed E-state index contributed by atoms with van der Waals surface area (Å²) in [5, 5.41) is 9.55. The van der Waals surface area contributed by atoms with E-state index in [1.54, 1.807) is 22.8 Å². The first-order chi connectivity index (χ1) is 9.45. The van der Waals surface area contributed by atoms with Crippen molar-refractivity contribution in [2.75, 3.05) is 25.0 Å². The van der Waals surface area contributed by atoms with Crippen molar-refractivity contribution in [2.45, 2.75) is 25.8 Å². The fourth-order valence-electron chi connectivity index (χ4n) is 2.37. The van der Waals surface area contributed by atoms with Gasteiger partial charge in [0.2, 0.25) is 0 Å². The van der Waals surface area contributed by atoms with Gasteiger partial charge in [0, 0.05) is 31.7 Å². The Morgan fingerprint density at radius 3 is 2.95 bits per heavy atom. The van der Waals surface area contributed by atoms with Gasteiger partial charge >= 0.3 is 6.03 Å². The van der Waals surface area contributed by atoms with Gasteiger partial charge in [0.15, 0.2) is 0 Å². The van der Waals surface area contributed by atoms with Gasteiger partial charge in [0.1, 0.15) is 5.82 Å². The molecule has 2 rings (SSSR count). The van der Waals surface area contributed by atoms with Gasteiger partial charge in [-0.2, -0.15) is 5.10 Å². The Kier molecular flexibility index (Phi) is 4.53. The molecule has 2 N–H and O–H groups in total. The van der Waals surface area contributed by atoms with E-state index >= 15 is 0 Å². The van der Waals surface area contributed by atoms with Gasteiger partial charge in [-0.25, -0.2) is 13.6 Å². The molecule has 0 spiro atoms. The number of anilines is 1. The predicted octanol–water partition coefficient (Wildman–Crippen LogP) is 1.19. The number of rotatable bonds is 4. The average Bonchev–Trinajstić information content (AvgIpc) is 2.90. The molecule has 1 unspecified atom stereocenters. The Morgan fingerprint density at radius 1 is 1.60 bits per heavy atom. The molecule has 0 bridgehead atoms. The number of nitrogens with zero attached hydrogens (tertiary/aromatic N) is 3. The standard InChI is InChI=1S/C12H19F2N5O/c1-8-5-15-18(2)11(8)17-12(20)16-9-3-4-19(6-9)7-10(13)14/h5,9-10H,3-4,6-7H2,1-2H3,(H2,16,17,20). The summed E-state index contributed by atoms with van der Waals surface area (Å²) in [5.74, 6) is 0.630. The number of carbonyl (C=O) groups excluding carboxylic acids is 1. The number of aromatic nitrogens is 2. The van der Waals surface area contributed by atoms with E-state index in [1.165, 1.54) is 0 Å². The maximum absolute atomic E-state index is 12.3. The molecule has 1 aromatic heterocycles. The molecule has 20 heavy (non-hydrogen) atoms. The molecule has 0 radical (unpaired) electrons. The van der Waals surface area contributed by atoms with Gasteiger partial charge in [0.25, 0.3) is 6.43 Å². The first kappa shape index (κ1) is 14.7. The second kappa shape index (κ2) is 6.17. The number of hydrogen-bond acceptors (Lipinski definition) is 3. The SMILES string of the molecule is Cc1cnn(C)c1NC(=O)NC1CCN(CC(F)F)C1. The first-order valence-corrected chi connectivity index (χ1v) is 6.52. The quantitative estimate of drug-likeness (QED) is 0.874. The lowest BCUT2D eigenvalue weighted by Gasteiger charge is -2.16. The predicted molar refractivity (Wildman–Crippen MR) is 70.9 cm³/mol. The lowest BCUT2D eigenvalue weighted by Crippen LogP contribution is -2.40. The highest BCUT2D eigenvalue weighted by Crippen LogP contribution is 2.13. The number of carbonyl (C=O) groups is 1. The number of urea groups is 1. The molecule has 0 aliphatic carbocycles. The van der Waals surface area contributed by atoms with Crippen LogP contribution in [-0.2, 0) is 7.05 Å². The van der Waals surface area contributed by atoms with E-state index in [-0.39, 0.29) is 18.6 Å². The largest absolute Gasteiger partial charge is 0.334 e. The number of nitrogens with one attached hydrogen (secondary N) is 2. The second-order valence-corrected chi connectivity index (χ2v) is 5.03. The van der Waals surface area contributed by atoms with Crippen molar-refractivity contribution >= 4 is 11.8 Å². The molecule has 0 aromatic carbocycles. The van der Waals surface area contributed by atoms with E-state index in [1.807, 2.05) is 6.92 Å². The van der Waals surface area contributed by atoms with E-state index in [9.17, 15) is 13.6 Å². The number of amides is 2. The van der Waals surface area contributed by atoms with E-state index in [4.69, 9.17) is 0 Å². The number of halogens is 2. The van der Waals surface area contributed by atoms with Gasteiger partial charge < -0.3 is 5.32 Å². The van der Waals surface area contributed by atoms with Gasteiger partial charge in [-0.3, -0.25) is 14.9 Å².